The summed E-state index contributed by atoms with van der Waals surface area (Å²) in [5.41, 5.74) is 5.40. The Bertz CT molecular complexity index is 1870. The van der Waals surface area contributed by atoms with Crippen molar-refractivity contribution in [3.8, 4) is 11.6 Å². The molecular weight excluding hydrogens is 540 g/mol. The van der Waals surface area contributed by atoms with Gasteiger partial charge in [0.1, 0.15) is 11.6 Å². The Kier molecular flexibility index (Phi) is 8.52. The minimum Gasteiger partial charge on any atom is -0.463 e. The second-order valence-electron chi connectivity index (χ2n) is 10.4. The van der Waals surface area contributed by atoms with Crippen LogP contribution in [0.2, 0.25) is 0 Å². The van der Waals surface area contributed by atoms with Crippen molar-refractivity contribution in [2.75, 3.05) is 11.9 Å². The molecule has 0 aliphatic carbocycles. The Morgan fingerprint density at radius 1 is 0.907 bits per heavy atom. The summed E-state index contributed by atoms with van der Waals surface area (Å²) in [5.74, 6) is 1.13. The number of aryl methyl sites for hydroxylation is 4. The smallest absolute Gasteiger partial charge is 0.330 e. The molecule has 5 aromatic rings. The predicted octanol–water partition coefficient (Wildman–Crippen LogP) is 6.34. The summed E-state index contributed by atoms with van der Waals surface area (Å²) in [6.45, 7) is 11.9. The molecule has 0 saturated heterocycles. The molecule has 0 fully saturated rings. The van der Waals surface area contributed by atoms with Crippen LogP contribution in [0.25, 0.3) is 28.6 Å². The lowest BCUT2D eigenvalue weighted by Gasteiger charge is -2.24. The number of para-hydroxylation sites is 1. The van der Waals surface area contributed by atoms with Crippen LogP contribution in [0.1, 0.15) is 60.3 Å². The molecule has 3 heterocycles. The third-order valence-corrected chi connectivity index (χ3v) is 7.45. The number of benzene rings is 2. The molecule has 0 spiro atoms. The number of hydrogen-bond donors (Lipinski definition) is 1. The monoisotopic (exact) mass is 576 g/mol. The van der Waals surface area contributed by atoms with E-state index in [1.807, 2.05) is 99.8 Å². The van der Waals surface area contributed by atoms with Crippen molar-refractivity contribution in [1.82, 2.24) is 24.1 Å². The number of nitrogens with zero attached hydrogens (tertiary/aromatic N) is 5. The first-order chi connectivity index (χ1) is 20.7. The summed E-state index contributed by atoms with van der Waals surface area (Å²) in [6.07, 6.45) is 3.64. The molecule has 9 heteroatoms. The van der Waals surface area contributed by atoms with Crippen LogP contribution in [0, 0.1) is 27.7 Å². The average Bonchev–Trinajstić information content (AvgIpc) is 3.33. The van der Waals surface area contributed by atoms with Crippen LogP contribution in [0.5, 0.6) is 0 Å². The molecule has 0 aliphatic heterocycles. The summed E-state index contributed by atoms with van der Waals surface area (Å²) in [7, 11) is 0. The van der Waals surface area contributed by atoms with Crippen LogP contribution in [-0.4, -0.2) is 36.7 Å². The average molecular weight is 577 g/mol. The third kappa shape index (κ3) is 5.83. The maximum atomic E-state index is 14.1. The first-order valence-corrected chi connectivity index (χ1v) is 14.5. The number of nitrogens with one attached hydrogen (secondary N) is 1. The van der Waals surface area contributed by atoms with E-state index in [1.165, 1.54) is 6.08 Å². The molecule has 0 saturated carbocycles. The zero-order chi connectivity index (χ0) is 30.7. The van der Waals surface area contributed by atoms with Crippen LogP contribution < -0.4 is 10.9 Å². The number of carbonyl (C=O) groups excluding carboxylic acids is 1. The number of esters is 1. The maximum absolute atomic E-state index is 14.1. The molecule has 2 aromatic carbocycles. The van der Waals surface area contributed by atoms with E-state index in [1.54, 1.807) is 17.6 Å². The SMILES string of the molecule is CCOC(=O)/C=C/c1c(C)nc(-n2c(C)ccc2C)nc1NC(CC)c1nc2cccc(C)c2c(=O)n1-c1ccccc1. The van der Waals surface area contributed by atoms with E-state index < -0.39 is 12.0 Å². The first kappa shape index (κ1) is 29.4. The van der Waals surface area contributed by atoms with Gasteiger partial charge in [0.05, 0.1) is 34.9 Å². The normalized spacial score (nSPS) is 12.1. The van der Waals surface area contributed by atoms with Gasteiger partial charge in [0.15, 0.2) is 0 Å². The van der Waals surface area contributed by atoms with Crippen LogP contribution in [0.15, 0.2) is 71.5 Å². The van der Waals surface area contributed by atoms with E-state index in [2.05, 4.69) is 5.32 Å². The highest BCUT2D eigenvalue weighted by molar-refractivity contribution is 5.88. The molecule has 9 nitrogen and oxygen atoms in total. The lowest BCUT2D eigenvalue weighted by molar-refractivity contribution is -0.137. The Morgan fingerprint density at radius 3 is 2.30 bits per heavy atom. The summed E-state index contributed by atoms with van der Waals surface area (Å²) in [4.78, 5) is 41.1. The first-order valence-electron chi connectivity index (χ1n) is 14.5. The van der Waals surface area contributed by atoms with E-state index in [-0.39, 0.29) is 12.2 Å². The van der Waals surface area contributed by atoms with Crippen molar-refractivity contribution in [2.45, 2.75) is 54.0 Å². The quantitative estimate of drug-likeness (QED) is 0.161. The van der Waals surface area contributed by atoms with Gasteiger partial charge in [0, 0.05) is 23.0 Å². The number of carbonyl (C=O) groups is 1. The molecule has 0 radical (unpaired) electrons. The van der Waals surface area contributed by atoms with Crippen molar-refractivity contribution in [3.05, 3.63) is 111 Å². The lowest BCUT2D eigenvalue weighted by Crippen LogP contribution is -2.29. The van der Waals surface area contributed by atoms with Crippen molar-refractivity contribution in [3.63, 3.8) is 0 Å². The van der Waals surface area contributed by atoms with E-state index >= 15 is 0 Å². The van der Waals surface area contributed by atoms with E-state index in [0.29, 0.717) is 46.2 Å². The van der Waals surface area contributed by atoms with Gasteiger partial charge >= 0.3 is 5.97 Å². The van der Waals surface area contributed by atoms with Crippen molar-refractivity contribution >= 4 is 28.8 Å². The Labute approximate surface area is 250 Å². The molecule has 0 bridgehead atoms. The van der Waals surface area contributed by atoms with Crippen LogP contribution >= 0.6 is 0 Å². The molecule has 1 N–H and O–H groups in total. The zero-order valence-electron chi connectivity index (χ0n) is 25.4. The van der Waals surface area contributed by atoms with Gasteiger partial charge in [-0.1, -0.05) is 37.3 Å². The fourth-order valence-electron chi connectivity index (χ4n) is 5.29. The van der Waals surface area contributed by atoms with E-state index in [9.17, 15) is 9.59 Å². The van der Waals surface area contributed by atoms with Crippen molar-refractivity contribution < 1.29 is 9.53 Å². The highest BCUT2D eigenvalue weighted by Crippen LogP contribution is 2.29. The highest BCUT2D eigenvalue weighted by Gasteiger charge is 2.23. The van der Waals surface area contributed by atoms with Gasteiger partial charge in [-0.25, -0.2) is 14.8 Å². The van der Waals surface area contributed by atoms with Gasteiger partial charge in [0.2, 0.25) is 5.95 Å². The second kappa shape index (κ2) is 12.4. The summed E-state index contributed by atoms with van der Waals surface area (Å²) < 4.78 is 8.78. The predicted molar refractivity (Wildman–Crippen MR) is 170 cm³/mol. The van der Waals surface area contributed by atoms with Gasteiger partial charge in [0.25, 0.3) is 5.56 Å². The number of ether oxygens (including phenoxy) is 1. The Balaban J connectivity index is 1.71. The van der Waals surface area contributed by atoms with Crippen LogP contribution in [0.4, 0.5) is 5.82 Å². The third-order valence-electron chi connectivity index (χ3n) is 7.45. The molecule has 220 valence electrons. The Hall–Kier alpha value is -5.05. The van der Waals surface area contributed by atoms with E-state index in [0.717, 1.165) is 22.6 Å². The molecular formula is C34H36N6O3. The molecule has 1 atom stereocenters. The van der Waals surface area contributed by atoms with Crippen molar-refractivity contribution in [2.24, 2.45) is 0 Å². The number of hydrogen-bond acceptors (Lipinski definition) is 7. The number of aromatic nitrogens is 5. The number of anilines is 1. The van der Waals surface area contributed by atoms with Gasteiger partial charge in [-0.05, 0) is 83.0 Å². The van der Waals surface area contributed by atoms with Gasteiger partial charge < -0.3 is 10.1 Å². The van der Waals surface area contributed by atoms with Gasteiger partial charge in [-0.3, -0.25) is 13.9 Å². The Morgan fingerprint density at radius 2 is 1.63 bits per heavy atom. The fraction of sp³-hybridized carbons (Fsp3) is 0.265. The molecule has 5 rings (SSSR count). The van der Waals surface area contributed by atoms with Crippen LogP contribution in [-0.2, 0) is 9.53 Å². The maximum Gasteiger partial charge on any atom is 0.330 e. The largest absolute Gasteiger partial charge is 0.463 e. The second-order valence-corrected chi connectivity index (χ2v) is 10.4. The number of rotatable bonds is 9. The molecule has 0 amide bonds. The fourth-order valence-corrected chi connectivity index (χ4v) is 5.29. The van der Waals surface area contributed by atoms with Crippen molar-refractivity contribution in [1.29, 1.82) is 0 Å². The van der Waals surface area contributed by atoms with Crippen LogP contribution in [0.3, 0.4) is 0 Å². The minimum absolute atomic E-state index is 0.134. The molecule has 3 aromatic heterocycles. The van der Waals surface area contributed by atoms with E-state index in [4.69, 9.17) is 19.7 Å². The van der Waals surface area contributed by atoms with Gasteiger partial charge in [-0.15, -0.1) is 0 Å². The zero-order valence-corrected chi connectivity index (χ0v) is 25.4. The minimum atomic E-state index is -0.453. The molecule has 0 aliphatic rings. The summed E-state index contributed by atoms with van der Waals surface area (Å²) in [5, 5.41) is 4.16. The summed E-state index contributed by atoms with van der Waals surface area (Å²) in [6, 6.07) is 18.9. The highest BCUT2D eigenvalue weighted by atomic mass is 16.5. The topological polar surface area (TPSA) is 104 Å². The number of fused-ring (bicyclic) bond motifs is 1. The molecule has 1 unspecified atom stereocenters. The lowest BCUT2D eigenvalue weighted by atomic mass is 10.1. The molecule has 43 heavy (non-hydrogen) atoms. The summed E-state index contributed by atoms with van der Waals surface area (Å²) >= 11 is 0. The van der Waals surface area contributed by atoms with Gasteiger partial charge in [-0.2, -0.15) is 4.98 Å². The standard InChI is InChI=1S/C34H36N6O3/c1-7-27(32-37-28-16-12-13-21(3)30(28)33(42)40(32)25-14-10-9-11-15-25)36-31-26(19-20-29(41)43-8-2)24(6)35-34(38-31)39-22(4)17-18-23(39)5/h9-20,27H,7-8H2,1-6H3,(H,35,36,38)/b20-19+.